The first-order valence-electron chi connectivity index (χ1n) is 7.23. The van der Waals surface area contributed by atoms with E-state index in [0.717, 1.165) is 25.7 Å². The van der Waals surface area contributed by atoms with Crippen molar-refractivity contribution >= 4 is 23.7 Å². The van der Waals surface area contributed by atoms with E-state index in [1.807, 2.05) is 18.2 Å². The lowest BCUT2D eigenvalue weighted by Gasteiger charge is -2.20. The summed E-state index contributed by atoms with van der Waals surface area (Å²) in [6.45, 7) is 0. The molecule has 1 aromatic carbocycles. The highest BCUT2D eigenvalue weighted by molar-refractivity contribution is 7.99. The summed E-state index contributed by atoms with van der Waals surface area (Å²) >= 11 is 1.28. The van der Waals surface area contributed by atoms with Gasteiger partial charge in [-0.15, -0.1) is 0 Å². The molecule has 0 bridgehead atoms. The second-order valence-corrected chi connectivity index (χ2v) is 6.36. The van der Waals surface area contributed by atoms with Crippen molar-refractivity contribution in [3.63, 3.8) is 0 Å². The molecular formula is C16H22O5S. The maximum atomic E-state index is 11.0. The maximum absolute atomic E-state index is 11.0. The minimum Gasteiger partial charge on any atom is -0.481 e. The number of carbonyl (C=O) groups is 2. The molecule has 0 fully saturated rings. The van der Waals surface area contributed by atoms with Gasteiger partial charge in [0.2, 0.25) is 0 Å². The fraction of sp³-hybridized carbons (Fsp3) is 0.500. The highest BCUT2D eigenvalue weighted by Crippen LogP contribution is 2.19. The standard InChI is InChI=1S/C16H22O5S/c17-14(18)11-16(21,15(19)20)12-22-10-6-2-5-9-13-7-3-1-4-8-13/h1,3-4,7-8,21H,2,5-6,9-12H2,(H,17,18)(H,19,20)/t16-/m0/s1. The summed E-state index contributed by atoms with van der Waals surface area (Å²) in [7, 11) is 0. The lowest BCUT2D eigenvalue weighted by Crippen LogP contribution is -2.43. The molecule has 6 heteroatoms. The normalized spacial score (nSPS) is 13.5. The Hall–Kier alpha value is -1.53. The number of carboxylic acid groups (broad SMARTS) is 2. The number of carboxylic acids is 2. The maximum Gasteiger partial charge on any atom is 0.337 e. The van der Waals surface area contributed by atoms with Crippen LogP contribution in [0.1, 0.15) is 31.2 Å². The first kappa shape index (κ1) is 18.5. The van der Waals surface area contributed by atoms with Crippen molar-refractivity contribution in [3.05, 3.63) is 35.9 Å². The molecule has 0 radical (unpaired) electrons. The number of hydrogen-bond acceptors (Lipinski definition) is 4. The molecule has 5 nitrogen and oxygen atoms in total. The summed E-state index contributed by atoms with van der Waals surface area (Å²) in [4.78, 5) is 21.5. The van der Waals surface area contributed by atoms with Crippen molar-refractivity contribution in [1.29, 1.82) is 0 Å². The van der Waals surface area contributed by atoms with Crippen molar-refractivity contribution in [2.45, 2.75) is 37.7 Å². The Balaban J connectivity index is 2.16. The Kier molecular flexibility index (Phi) is 7.98. The summed E-state index contributed by atoms with van der Waals surface area (Å²) in [6, 6.07) is 10.2. The summed E-state index contributed by atoms with van der Waals surface area (Å²) < 4.78 is 0. The van der Waals surface area contributed by atoms with Gasteiger partial charge in [0.1, 0.15) is 0 Å². The third-order valence-corrected chi connectivity index (χ3v) is 4.54. The number of thioether (sulfide) groups is 1. The van der Waals surface area contributed by atoms with Crippen LogP contribution in [0.15, 0.2) is 30.3 Å². The Morgan fingerprint density at radius 3 is 2.32 bits per heavy atom. The number of aryl methyl sites for hydroxylation is 1. The average Bonchev–Trinajstić information content (AvgIpc) is 2.46. The summed E-state index contributed by atoms with van der Waals surface area (Å²) in [5.41, 5.74) is -0.877. The zero-order valence-corrected chi connectivity index (χ0v) is 13.2. The molecule has 0 aliphatic rings. The summed E-state index contributed by atoms with van der Waals surface area (Å²) in [5, 5.41) is 27.4. The van der Waals surface area contributed by atoms with Crippen LogP contribution < -0.4 is 0 Å². The van der Waals surface area contributed by atoms with Gasteiger partial charge in [0.05, 0.1) is 6.42 Å². The van der Waals surface area contributed by atoms with Gasteiger partial charge in [-0.25, -0.2) is 4.79 Å². The largest absolute Gasteiger partial charge is 0.481 e. The minimum absolute atomic E-state index is 0.104. The van der Waals surface area contributed by atoms with Gasteiger partial charge in [0.25, 0.3) is 0 Å². The van der Waals surface area contributed by atoms with Crippen LogP contribution >= 0.6 is 11.8 Å². The number of aliphatic carboxylic acids is 2. The van der Waals surface area contributed by atoms with E-state index in [0.29, 0.717) is 5.75 Å². The zero-order valence-electron chi connectivity index (χ0n) is 12.4. The van der Waals surface area contributed by atoms with Gasteiger partial charge in [-0.2, -0.15) is 11.8 Å². The van der Waals surface area contributed by atoms with E-state index >= 15 is 0 Å². The van der Waals surface area contributed by atoms with Gasteiger partial charge >= 0.3 is 11.9 Å². The van der Waals surface area contributed by atoms with Gasteiger partial charge in [0, 0.05) is 5.75 Å². The molecule has 0 saturated carbocycles. The van der Waals surface area contributed by atoms with E-state index in [1.165, 1.54) is 17.3 Å². The van der Waals surface area contributed by atoms with E-state index in [-0.39, 0.29) is 5.75 Å². The van der Waals surface area contributed by atoms with Crippen LogP contribution in [0.3, 0.4) is 0 Å². The molecule has 0 aliphatic carbocycles. The van der Waals surface area contributed by atoms with Crippen LogP contribution in [0.5, 0.6) is 0 Å². The number of unbranched alkanes of at least 4 members (excludes halogenated alkanes) is 2. The lowest BCUT2D eigenvalue weighted by molar-refractivity contribution is -0.162. The van der Waals surface area contributed by atoms with Gasteiger partial charge in [-0.1, -0.05) is 36.8 Å². The van der Waals surface area contributed by atoms with Crippen LogP contribution in [-0.2, 0) is 16.0 Å². The van der Waals surface area contributed by atoms with E-state index in [2.05, 4.69) is 12.1 Å². The predicted octanol–water partition coefficient (Wildman–Crippen LogP) is 2.42. The second-order valence-electron chi connectivity index (χ2n) is 5.26. The van der Waals surface area contributed by atoms with Crippen molar-refractivity contribution in [1.82, 2.24) is 0 Å². The number of hydrogen-bond donors (Lipinski definition) is 3. The Morgan fingerprint density at radius 1 is 1.05 bits per heavy atom. The van der Waals surface area contributed by atoms with Crippen LogP contribution in [0, 0.1) is 0 Å². The molecule has 0 heterocycles. The van der Waals surface area contributed by atoms with E-state index in [9.17, 15) is 14.7 Å². The highest BCUT2D eigenvalue weighted by atomic mass is 32.2. The van der Waals surface area contributed by atoms with Crippen molar-refractivity contribution in [2.24, 2.45) is 0 Å². The van der Waals surface area contributed by atoms with Crippen molar-refractivity contribution in [2.75, 3.05) is 11.5 Å². The van der Waals surface area contributed by atoms with Gasteiger partial charge in [-0.3, -0.25) is 4.79 Å². The van der Waals surface area contributed by atoms with Crippen LogP contribution in [-0.4, -0.2) is 44.4 Å². The van der Waals surface area contributed by atoms with Gasteiger partial charge < -0.3 is 15.3 Å². The lowest BCUT2D eigenvalue weighted by atomic mass is 10.0. The van der Waals surface area contributed by atoms with E-state index in [1.54, 1.807) is 0 Å². The molecule has 1 aromatic rings. The average molecular weight is 326 g/mol. The third kappa shape index (κ3) is 6.95. The Morgan fingerprint density at radius 2 is 1.73 bits per heavy atom. The van der Waals surface area contributed by atoms with Crippen molar-refractivity contribution < 1.29 is 24.9 Å². The zero-order chi connectivity index (χ0) is 16.4. The summed E-state index contributed by atoms with van der Waals surface area (Å²) in [5.74, 6) is -2.18. The first-order chi connectivity index (χ1) is 10.4. The molecule has 0 unspecified atom stereocenters. The van der Waals surface area contributed by atoms with Gasteiger partial charge in [-0.05, 0) is 30.6 Å². The molecule has 0 spiro atoms. The molecule has 3 N–H and O–H groups in total. The molecular weight excluding hydrogens is 304 g/mol. The quantitative estimate of drug-likeness (QED) is 0.541. The molecule has 1 rings (SSSR count). The second kappa shape index (κ2) is 9.48. The predicted molar refractivity (Wildman–Crippen MR) is 86.2 cm³/mol. The fourth-order valence-electron chi connectivity index (χ4n) is 2.03. The molecule has 0 saturated heterocycles. The molecule has 0 aliphatic heterocycles. The molecule has 0 aromatic heterocycles. The highest BCUT2D eigenvalue weighted by Gasteiger charge is 2.38. The molecule has 1 atom stereocenters. The number of benzene rings is 1. The first-order valence-corrected chi connectivity index (χ1v) is 8.39. The minimum atomic E-state index is -2.18. The smallest absolute Gasteiger partial charge is 0.337 e. The van der Waals surface area contributed by atoms with Crippen LogP contribution in [0.25, 0.3) is 0 Å². The summed E-state index contributed by atoms with van der Waals surface area (Å²) in [6.07, 6.45) is 3.24. The number of rotatable bonds is 11. The Bertz CT molecular complexity index is 477. The van der Waals surface area contributed by atoms with Crippen molar-refractivity contribution in [3.8, 4) is 0 Å². The topological polar surface area (TPSA) is 94.8 Å². The molecule has 22 heavy (non-hydrogen) atoms. The monoisotopic (exact) mass is 326 g/mol. The van der Waals surface area contributed by atoms with Gasteiger partial charge in [0.15, 0.2) is 5.60 Å². The van der Waals surface area contributed by atoms with E-state index < -0.39 is 24.0 Å². The molecule has 122 valence electrons. The Labute approximate surface area is 134 Å². The van der Waals surface area contributed by atoms with Crippen LogP contribution in [0.4, 0.5) is 0 Å². The number of aliphatic hydroxyl groups is 1. The van der Waals surface area contributed by atoms with Crippen LogP contribution in [0.2, 0.25) is 0 Å². The molecule has 0 amide bonds. The van der Waals surface area contributed by atoms with E-state index in [4.69, 9.17) is 10.2 Å². The SMILES string of the molecule is O=C(O)C[C@](O)(CSCCCCCc1ccccc1)C(=O)O. The third-order valence-electron chi connectivity index (χ3n) is 3.28. The fourth-order valence-corrected chi connectivity index (χ4v) is 3.15.